The largest absolute Gasteiger partial charge is 0.459 e. The molecule has 2 saturated carbocycles. The first-order chi connectivity index (χ1) is 35.4. The van der Waals surface area contributed by atoms with E-state index in [1.807, 2.05) is 97.9 Å². The summed E-state index contributed by atoms with van der Waals surface area (Å²) in [6.07, 6.45) is -14.9. The lowest BCUT2D eigenvalue weighted by Gasteiger charge is -2.46. The minimum absolute atomic E-state index is 0.00694. The highest BCUT2D eigenvalue weighted by Crippen LogP contribution is 2.44. The Morgan fingerprint density at radius 1 is 0.781 bits per heavy atom. The first-order valence-corrected chi connectivity index (χ1v) is 24.6. The van der Waals surface area contributed by atoms with E-state index in [2.05, 4.69) is 25.4 Å². The van der Waals surface area contributed by atoms with Gasteiger partial charge in [-0.15, -0.1) is 0 Å². The van der Waals surface area contributed by atoms with Crippen LogP contribution in [-0.4, -0.2) is 149 Å². The van der Waals surface area contributed by atoms with E-state index in [0.29, 0.717) is 19.3 Å². The number of hydrogen-bond acceptors (Lipinski definition) is 17. The van der Waals surface area contributed by atoms with E-state index in [9.17, 15) is 40.3 Å². The van der Waals surface area contributed by atoms with Crippen LogP contribution in [0.2, 0.25) is 0 Å². The van der Waals surface area contributed by atoms with Gasteiger partial charge in [-0.05, 0) is 65.3 Å². The van der Waals surface area contributed by atoms with Crippen molar-refractivity contribution < 1.29 is 72.7 Å². The van der Waals surface area contributed by atoms with Gasteiger partial charge >= 0.3 is 18.2 Å². The Morgan fingerprint density at radius 2 is 1.44 bits per heavy atom. The zero-order valence-corrected chi connectivity index (χ0v) is 40.2. The summed E-state index contributed by atoms with van der Waals surface area (Å²) >= 11 is 0. The van der Waals surface area contributed by atoms with Crippen LogP contribution in [-0.2, 0) is 62.4 Å². The van der Waals surface area contributed by atoms with Gasteiger partial charge in [-0.25, -0.2) is 9.59 Å². The van der Waals surface area contributed by atoms with Gasteiger partial charge in [0, 0.05) is 28.8 Å². The van der Waals surface area contributed by atoms with Crippen molar-refractivity contribution in [2.45, 2.75) is 144 Å². The van der Waals surface area contributed by atoms with Gasteiger partial charge in [0.1, 0.15) is 43.7 Å². The number of amides is 2. The summed E-state index contributed by atoms with van der Waals surface area (Å²) in [6.45, 7) is 1.32. The van der Waals surface area contributed by atoms with Gasteiger partial charge in [-0.1, -0.05) is 108 Å². The minimum Gasteiger partial charge on any atom is -0.459 e. The summed E-state index contributed by atoms with van der Waals surface area (Å²) in [4.78, 5) is 47.5. The second-order valence-electron chi connectivity index (χ2n) is 19.2. The van der Waals surface area contributed by atoms with Gasteiger partial charge < -0.3 is 68.5 Å². The summed E-state index contributed by atoms with van der Waals surface area (Å²) in [5, 5.41) is 54.3. The Bertz CT molecular complexity index is 2380. The number of hydrogen-bond donors (Lipinski definition) is 5. The van der Waals surface area contributed by atoms with Crippen molar-refractivity contribution in [1.29, 1.82) is 0 Å². The molecule has 73 heavy (non-hydrogen) atoms. The molecule has 0 bridgehead atoms. The zero-order valence-electron chi connectivity index (χ0n) is 40.2. The molecule has 23 nitrogen and oxygen atoms in total. The minimum atomic E-state index is -1.64. The molecule has 0 unspecified atom stereocenters. The van der Waals surface area contributed by atoms with Crippen LogP contribution in [0, 0.1) is 17.8 Å². The van der Waals surface area contributed by atoms with E-state index >= 15 is 0 Å². The molecule has 0 spiro atoms. The van der Waals surface area contributed by atoms with Crippen LogP contribution in [0.1, 0.15) is 55.7 Å². The lowest BCUT2D eigenvalue weighted by Crippen LogP contribution is -2.59. The van der Waals surface area contributed by atoms with E-state index in [1.165, 1.54) is 0 Å². The number of carbonyl (C=O) groups is 3. The SMILES string of the molecule is C[C@H]1C[C@H]2CC(=O)O[C@@H]2[C@@H](O[C@@H]2O[C@H](CO)[C@@H](O[C@H]3C[C@@H](CN=[N+]=[N-])[C@@H](O)[C@H](O)[C@H]3N=[N+]=[N-])[C@H]2O)[C@@H]1O[C@H]1O[C@H](CN(Cc2ccccc2)C(=O)OCc2ccccc2)CC[C@H]1NC(=O)OCc1ccccc1. The normalized spacial score (nSPS) is 33.8. The van der Waals surface area contributed by atoms with Crippen LogP contribution >= 0.6 is 0 Å². The highest BCUT2D eigenvalue weighted by molar-refractivity contribution is 5.72. The number of nitrogens with one attached hydrogen (secondary N) is 1. The molecule has 17 atom stereocenters. The molecule has 3 heterocycles. The monoisotopic (exact) mass is 1010 g/mol. The second-order valence-corrected chi connectivity index (χ2v) is 19.2. The molecular weight excluding hydrogens is 953 g/mol. The van der Waals surface area contributed by atoms with Crippen molar-refractivity contribution in [2.75, 3.05) is 19.7 Å². The summed E-state index contributed by atoms with van der Waals surface area (Å²) in [5.41, 5.74) is 20.7. The lowest BCUT2D eigenvalue weighted by atomic mass is 9.76. The maximum absolute atomic E-state index is 13.9. The van der Waals surface area contributed by atoms with E-state index in [0.717, 1.165) is 16.7 Å². The zero-order chi connectivity index (χ0) is 51.4. The van der Waals surface area contributed by atoms with Crippen molar-refractivity contribution >= 4 is 18.2 Å². The van der Waals surface area contributed by atoms with Crippen molar-refractivity contribution in [2.24, 2.45) is 28.0 Å². The highest BCUT2D eigenvalue weighted by atomic mass is 16.7. The Hall–Kier alpha value is -6.07. The van der Waals surface area contributed by atoms with E-state index in [-0.39, 0.29) is 57.5 Å². The van der Waals surface area contributed by atoms with E-state index in [4.69, 9.17) is 43.4 Å². The number of benzene rings is 3. The number of nitrogens with zero attached hydrogens (tertiary/aromatic N) is 7. The third-order valence-electron chi connectivity index (χ3n) is 14.2. The van der Waals surface area contributed by atoms with E-state index in [1.54, 1.807) is 4.90 Å². The molecule has 0 aromatic heterocycles. The fourth-order valence-corrected chi connectivity index (χ4v) is 10.5. The highest BCUT2D eigenvalue weighted by Gasteiger charge is 2.56. The molecule has 3 saturated heterocycles. The Balaban J connectivity index is 1.03. The van der Waals surface area contributed by atoms with Gasteiger partial charge in [-0.3, -0.25) is 4.79 Å². The average Bonchev–Trinajstić information content (AvgIpc) is 3.92. The summed E-state index contributed by atoms with van der Waals surface area (Å²) in [7, 11) is 0. The third kappa shape index (κ3) is 13.4. The fraction of sp³-hybridized carbons (Fsp3) is 0.580. The van der Waals surface area contributed by atoms with Crippen LogP contribution in [0.25, 0.3) is 20.9 Å². The van der Waals surface area contributed by atoms with Crippen LogP contribution in [0.4, 0.5) is 9.59 Å². The van der Waals surface area contributed by atoms with E-state index < -0.39 is 116 Å². The molecule has 3 aromatic carbocycles. The number of aliphatic hydroxyl groups is 4. The third-order valence-corrected chi connectivity index (χ3v) is 14.2. The van der Waals surface area contributed by atoms with Crippen LogP contribution in [0.3, 0.4) is 0 Å². The number of alkyl carbamates (subject to hydrolysis) is 1. The number of fused-ring (bicyclic) bond motifs is 1. The molecule has 5 N–H and O–H groups in total. The van der Waals surface area contributed by atoms with Crippen molar-refractivity contribution in [3.63, 3.8) is 0 Å². The van der Waals surface area contributed by atoms with Crippen LogP contribution in [0.15, 0.2) is 101 Å². The molecule has 3 aromatic rings. The van der Waals surface area contributed by atoms with Crippen LogP contribution in [0.5, 0.6) is 0 Å². The Labute approximate surface area is 420 Å². The molecule has 392 valence electrons. The number of aliphatic hydroxyl groups excluding tert-OH is 4. The number of carbonyl (C=O) groups excluding carboxylic acids is 3. The Morgan fingerprint density at radius 3 is 2.10 bits per heavy atom. The topological polar surface area (TPSA) is 319 Å². The first-order valence-electron chi connectivity index (χ1n) is 24.6. The fourth-order valence-electron chi connectivity index (χ4n) is 10.5. The molecule has 2 amide bonds. The molecular formula is C50H62N8O15. The molecule has 5 aliphatic rings. The molecule has 0 radical (unpaired) electrons. The standard InChI is InChI=1S/C50H62N8O15/c1-28-19-32-21-38(60)71-44(32)46(73-48-42(63)45(37(25-59)70-48)69-36-20-33(22-53-56-51)40(61)41(62)39(36)55-57-52)43(28)72-47-35(54-49(64)66-26-30-13-7-3-8-14-30)18-17-34(68-47)24-58(23-29-11-5-2-6-12-29)50(65)67-27-31-15-9-4-10-16-31/h2-16,28,32-37,39-48,59,61-63H,17-27H2,1H3,(H,54,64)/t28-,32-,33-,34-,35+,36-,37+,39-,40+,41+,42+,43+,44-,45+,46-,47+,48-/m0/s1. The molecule has 23 heteroatoms. The van der Waals surface area contributed by atoms with Gasteiger partial charge in [0.25, 0.3) is 0 Å². The smallest absolute Gasteiger partial charge is 0.410 e. The lowest BCUT2D eigenvalue weighted by molar-refractivity contribution is -0.296. The summed E-state index contributed by atoms with van der Waals surface area (Å²) in [5.74, 6) is -1.97. The quantitative estimate of drug-likeness (QED) is 0.0350. The van der Waals surface area contributed by atoms with Crippen molar-refractivity contribution in [3.8, 4) is 0 Å². The van der Waals surface area contributed by atoms with Crippen molar-refractivity contribution in [3.05, 3.63) is 129 Å². The molecule has 8 rings (SSSR count). The first kappa shape index (κ1) is 53.2. The molecule has 5 fully saturated rings. The molecule has 2 aliphatic carbocycles. The number of azide groups is 2. The molecule has 3 aliphatic heterocycles. The van der Waals surface area contributed by atoms with Gasteiger partial charge in [0.05, 0.1) is 62.2 Å². The van der Waals surface area contributed by atoms with Crippen molar-refractivity contribution in [1.82, 2.24) is 10.2 Å². The van der Waals surface area contributed by atoms with Gasteiger partial charge in [-0.2, -0.15) is 0 Å². The Kier molecular flexibility index (Phi) is 18.4. The predicted molar refractivity (Wildman–Crippen MR) is 254 cm³/mol. The summed E-state index contributed by atoms with van der Waals surface area (Å²) in [6, 6.07) is 25.8. The number of rotatable bonds is 19. The number of ether oxygens (including phenoxy) is 8. The van der Waals surface area contributed by atoms with Gasteiger partial charge in [0.15, 0.2) is 12.6 Å². The maximum Gasteiger partial charge on any atom is 0.410 e. The maximum atomic E-state index is 13.9. The van der Waals surface area contributed by atoms with Gasteiger partial charge in [0.2, 0.25) is 0 Å². The van der Waals surface area contributed by atoms with Crippen LogP contribution < -0.4 is 5.32 Å². The number of esters is 1. The predicted octanol–water partition coefficient (Wildman–Crippen LogP) is 4.93. The summed E-state index contributed by atoms with van der Waals surface area (Å²) < 4.78 is 50.0. The average molecular weight is 1020 g/mol. The second kappa shape index (κ2) is 25.2.